The summed E-state index contributed by atoms with van der Waals surface area (Å²) in [7, 11) is 0. The van der Waals surface area contributed by atoms with Crippen LogP contribution in [0.2, 0.25) is 0 Å². The third-order valence-electron chi connectivity index (χ3n) is 3.89. The highest BCUT2D eigenvalue weighted by atomic mass is 19.1. The quantitative estimate of drug-likeness (QED) is 0.865. The van der Waals surface area contributed by atoms with E-state index in [-0.39, 0.29) is 18.1 Å². The number of hydrogen-bond donors (Lipinski definition) is 1. The minimum atomic E-state index is -0.451. The van der Waals surface area contributed by atoms with Crippen molar-refractivity contribution >= 4 is 5.91 Å². The SMILES string of the molecule is CCN(CC1CCC1)C(=O)c1cc(F)ccc1C#CCO. The molecule has 21 heavy (non-hydrogen) atoms. The van der Waals surface area contributed by atoms with Crippen LogP contribution in [-0.2, 0) is 0 Å². The summed E-state index contributed by atoms with van der Waals surface area (Å²) >= 11 is 0. The maximum absolute atomic E-state index is 13.5. The van der Waals surface area contributed by atoms with Crippen molar-refractivity contribution in [3.63, 3.8) is 0 Å². The summed E-state index contributed by atoms with van der Waals surface area (Å²) < 4.78 is 13.5. The smallest absolute Gasteiger partial charge is 0.255 e. The van der Waals surface area contributed by atoms with Gasteiger partial charge in [0.05, 0.1) is 5.56 Å². The van der Waals surface area contributed by atoms with Gasteiger partial charge in [-0.25, -0.2) is 4.39 Å². The first-order valence-electron chi connectivity index (χ1n) is 7.34. The second-order valence-electron chi connectivity index (χ2n) is 5.29. The number of aliphatic hydroxyl groups is 1. The van der Waals surface area contributed by atoms with Crippen LogP contribution < -0.4 is 0 Å². The third kappa shape index (κ3) is 3.83. The van der Waals surface area contributed by atoms with E-state index in [1.54, 1.807) is 4.90 Å². The molecule has 1 saturated carbocycles. The van der Waals surface area contributed by atoms with Crippen molar-refractivity contribution in [2.45, 2.75) is 26.2 Å². The summed E-state index contributed by atoms with van der Waals surface area (Å²) in [6.07, 6.45) is 3.54. The molecule has 1 aromatic rings. The van der Waals surface area contributed by atoms with Gasteiger partial charge in [-0.2, -0.15) is 0 Å². The summed E-state index contributed by atoms with van der Waals surface area (Å²) in [6.45, 7) is 2.96. The molecule has 0 radical (unpaired) electrons. The lowest BCUT2D eigenvalue weighted by Gasteiger charge is -2.32. The minimum absolute atomic E-state index is 0.189. The van der Waals surface area contributed by atoms with Crippen molar-refractivity contribution in [1.29, 1.82) is 0 Å². The predicted octanol–water partition coefficient (Wildman–Crippen LogP) is 2.43. The first-order valence-corrected chi connectivity index (χ1v) is 7.34. The highest BCUT2D eigenvalue weighted by molar-refractivity contribution is 5.96. The molecule has 0 bridgehead atoms. The second kappa shape index (κ2) is 7.24. The molecule has 0 aliphatic heterocycles. The Kier molecular flexibility index (Phi) is 5.35. The van der Waals surface area contributed by atoms with Crippen LogP contribution in [0.3, 0.4) is 0 Å². The molecule has 2 rings (SSSR count). The standard InChI is InChI=1S/C17H20FNO2/c1-2-19(12-13-5-3-6-13)17(21)16-11-15(18)9-8-14(16)7-4-10-20/h8-9,11,13,20H,2-3,5-6,10,12H2,1H3. The fraction of sp³-hybridized carbons (Fsp3) is 0.471. The van der Waals surface area contributed by atoms with Gasteiger partial charge in [-0.05, 0) is 43.9 Å². The fourth-order valence-corrected chi connectivity index (χ4v) is 2.45. The number of rotatable bonds is 4. The zero-order valence-corrected chi connectivity index (χ0v) is 12.2. The molecule has 1 N–H and O–H groups in total. The van der Waals surface area contributed by atoms with Crippen molar-refractivity contribution in [2.75, 3.05) is 19.7 Å². The Morgan fingerprint density at radius 1 is 1.48 bits per heavy atom. The Labute approximate surface area is 124 Å². The average Bonchev–Trinajstić information content (AvgIpc) is 2.44. The molecule has 0 unspecified atom stereocenters. The molecule has 1 aromatic carbocycles. The number of halogens is 1. The molecule has 3 nitrogen and oxygen atoms in total. The molecular weight excluding hydrogens is 269 g/mol. The van der Waals surface area contributed by atoms with Gasteiger partial charge in [0.15, 0.2) is 0 Å². The molecular formula is C17H20FNO2. The number of amides is 1. The number of aliphatic hydroxyl groups excluding tert-OH is 1. The average molecular weight is 289 g/mol. The van der Waals surface area contributed by atoms with Gasteiger partial charge in [-0.15, -0.1) is 0 Å². The predicted molar refractivity (Wildman–Crippen MR) is 79.3 cm³/mol. The monoisotopic (exact) mass is 289 g/mol. The van der Waals surface area contributed by atoms with Crippen LogP contribution in [0.4, 0.5) is 4.39 Å². The fourth-order valence-electron chi connectivity index (χ4n) is 2.45. The maximum atomic E-state index is 13.5. The normalized spacial score (nSPS) is 14.0. The lowest BCUT2D eigenvalue weighted by Crippen LogP contribution is -2.37. The van der Waals surface area contributed by atoms with E-state index in [9.17, 15) is 9.18 Å². The molecule has 112 valence electrons. The van der Waals surface area contributed by atoms with E-state index >= 15 is 0 Å². The topological polar surface area (TPSA) is 40.5 Å². The van der Waals surface area contributed by atoms with Crippen LogP contribution >= 0.6 is 0 Å². The molecule has 1 aliphatic carbocycles. The van der Waals surface area contributed by atoms with Crippen LogP contribution in [0.5, 0.6) is 0 Å². The zero-order chi connectivity index (χ0) is 15.2. The van der Waals surface area contributed by atoms with Gasteiger partial charge < -0.3 is 10.0 Å². The molecule has 0 saturated heterocycles. The number of hydrogen-bond acceptors (Lipinski definition) is 2. The Hall–Kier alpha value is -1.86. The first-order chi connectivity index (χ1) is 10.2. The zero-order valence-electron chi connectivity index (χ0n) is 12.2. The molecule has 0 heterocycles. The second-order valence-corrected chi connectivity index (χ2v) is 5.29. The van der Waals surface area contributed by atoms with E-state index in [4.69, 9.17) is 5.11 Å². The van der Waals surface area contributed by atoms with Crippen molar-refractivity contribution in [2.24, 2.45) is 5.92 Å². The van der Waals surface area contributed by atoms with E-state index in [2.05, 4.69) is 11.8 Å². The first kappa shape index (κ1) is 15.5. The molecule has 0 aromatic heterocycles. The van der Waals surface area contributed by atoms with Crippen molar-refractivity contribution in [3.8, 4) is 11.8 Å². The Morgan fingerprint density at radius 2 is 2.24 bits per heavy atom. The Morgan fingerprint density at radius 3 is 2.81 bits per heavy atom. The van der Waals surface area contributed by atoms with E-state index < -0.39 is 5.82 Å². The summed E-state index contributed by atoms with van der Waals surface area (Å²) in [6, 6.07) is 4.00. The lowest BCUT2D eigenvalue weighted by molar-refractivity contribution is 0.0705. The number of carbonyl (C=O) groups excluding carboxylic acids is 1. The van der Waals surface area contributed by atoms with E-state index in [0.717, 1.165) is 19.4 Å². The van der Waals surface area contributed by atoms with Gasteiger partial charge in [0, 0.05) is 18.7 Å². The summed E-state index contributed by atoms with van der Waals surface area (Å²) in [5.41, 5.74) is 0.736. The maximum Gasteiger partial charge on any atom is 0.255 e. The van der Waals surface area contributed by atoms with Gasteiger partial charge in [0.1, 0.15) is 12.4 Å². The van der Waals surface area contributed by atoms with Crippen LogP contribution in [0.1, 0.15) is 42.1 Å². The van der Waals surface area contributed by atoms with Gasteiger partial charge in [-0.1, -0.05) is 18.3 Å². The lowest BCUT2D eigenvalue weighted by atomic mass is 9.85. The molecule has 1 amide bonds. The summed E-state index contributed by atoms with van der Waals surface area (Å²) in [5, 5.41) is 8.78. The summed E-state index contributed by atoms with van der Waals surface area (Å²) in [5.74, 6) is 5.15. The molecule has 0 atom stereocenters. The van der Waals surface area contributed by atoms with Crippen molar-refractivity contribution in [3.05, 3.63) is 35.1 Å². The Balaban J connectivity index is 2.24. The van der Waals surface area contributed by atoms with Gasteiger partial charge in [0.25, 0.3) is 5.91 Å². The van der Waals surface area contributed by atoms with Crippen LogP contribution in [0.25, 0.3) is 0 Å². The Bertz CT molecular complexity index is 570. The summed E-state index contributed by atoms with van der Waals surface area (Å²) in [4.78, 5) is 14.4. The van der Waals surface area contributed by atoms with E-state index in [1.165, 1.54) is 24.6 Å². The highest BCUT2D eigenvalue weighted by Gasteiger charge is 2.24. The third-order valence-corrected chi connectivity index (χ3v) is 3.89. The van der Waals surface area contributed by atoms with Crippen LogP contribution in [-0.4, -0.2) is 35.6 Å². The van der Waals surface area contributed by atoms with Gasteiger partial charge >= 0.3 is 0 Å². The number of carbonyl (C=O) groups is 1. The largest absolute Gasteiger partial charge is 0.384 e. The minimum Gasteiger partial charge on any atom is -0.384 e. The van der Waals surface area contributed by atoms with Crippen LogP contribution in [0.15, 0.2) is 18.2 Å². The van der Waals surface area contributed by atoms with Crippen molar-refractivity contribution < 1.29 is 14.3 Å². The highest BCUT2D eigenvalue weighted by Crippen LogP contribution is 2.27. The molecule has 1 fully saturated rings. The molecule has 0 spiro atoms. The number of nitrogens with zero attached hydrogens (tertiary/aromatic N) is 1. The number of benzene rings is 1. The van der Waals surface area contributed by atoms with E-state index in [0.29, 0.717) is 18.0 Å². The molecule has 4 heteroatoms. The molecule has 1 aliphatic rings. The van der Waals surface area contributed by atoms with Gasteiger partial charge in [-0.3, -0.25) is 4.79 Å². The van der Waals surface area contributed by atoms with Crippen LogP contribution in [0, 0.1) is 23.6 Å². The van der Waals surface area contributed by atoms with Gasteiger partial charge in [0.2, 0.25) is 0 Å². The van der Waals surface area contributed by atoms with E-state index in [1.807, 2.05) is 6.92 Å². The van der Waals surface area contributed by atoms with Crippen molar-refractivity contribution in [1.82, 2.24) is 4.90 Å².